The number of rotatable bonds is 3. The number of nitrogens with zero attached hydrogens (tertiary/aromatic N) is 3. The van der Waals surface area contributed by atoms with Crippen LogP contribution in [0, 0.1) is 0 Å². The van der Waals surface area contributed by atoms with Crippen LogP contribution in [0.3, 0.4) is 0 Å². The Morgan fingerprint density at radius 3 is 2.00 bits per heavy atom. The molecule has 1 aliphatic rings. The summed E-state index contributed by atoms with van der Waals surface area (Å²) < 4.78 is 0. The van der Waals surface area contributed by atoms with E-state index < -0.39 is 5.97 Å². The van der Waals surface area contributed by atoms with Gasteiger partial charge < -0.3 is 5.11 Å². The molecule has 3 rings (SSSR count). The molecule has 0 amide bonds. The number of anilines is 2. The predicted molar refractivity (Wildman–Crippen MR) is 83.3 cm³/mol. The lowest BCUT2D eigenvalue weighted by atomic mass is 10.3. The van der Waals surface area contributed by atoms with Crippen LogP contribution in [0.2, 0.25) is 0 Å². The molecule has 2 aromatic carbocycles. The van der Waals surface area contributed by atoms with Crippen molar-refractivity contribution in [1.82, 2.24) is 5.43 Å². The van der Waals surface area contributed by atoms with E-state index in [2.05, 4.69) is 10.5 Å². The maximum atomic E-state index is 11.1. The summed E-state index contributed by atoms with van der Waals surface area (Å²) >= 11 is 0. The van der Waals surface area contributed by atoms with E-state index >= 15 is 0 Å². The van der Waals surface area contributed by atoms with Crippen LogP contribution in [0.15, 0.2) is 65.8 Å². The zero-order valence-corrected chi connectivity index (χ0v) is 11.7. The highest BCUT2D eigenvalue weighted by atomic mass is 35.5. The van der Waals surface area contributed by atoms with Crippen LogP contribution in [0.5, 0.6) is 0 Å². The number of halogens is 1. The number of hydrogen-bond acceptors (Lipinski definition) is 5. The van der Waals surface area contributed by atoms with Gasteiger partial charge in [-0.25, -0.2) is 4.79 Å². The number of hydrazone groups is 1. The maximum absolute atomic E-state index is 11.1. The molecule has 6 nitrogen and oxygen atoms in total. The number of benzene rings is 2. The molecular weight excluding hydrogens is 292 g/mol. The third-order valence-corrected chi connectivity index (χ3v) is 2.79. The number of para-hydroxylation sites is 2. The second kappa shape index (κ2) is 6.15. The molecular formula is C14H13ClN4O2. The largest absolute Gasteiger partial charge is 0.475 e. The van der Waals surface area contributed by atoms with Crippen molar-refractivity contribution in [3.63, 3.8) is 0 Å². The first-order chi connectivity index (χ1) is 9.75. The Labute approximate surface area is 127 Å². The minimum Gasteiger partial charge on any atom is -0.475 e. The normalized spacial score (nSPS) is 13.2. The third-order valence-electron chi connectivity index (χ3n) is 2.79. The first-order valence-corrected chi connectivity index (χ1v) is 6.04. The SMILES string of the molecule is Cl.O=C(O)C1=NN(c2ccccc2)N(c2ccccc2)N1. The zero-order valence-electron chi connectivity index (χ0n) is 10.9. The van der Waals surface area contributed by atoms with Gasteiger partial charge in [0.15, 0.2) is 0 Å². The standard InChI is InChI=1S/C14H12N4O2.ClH/c19-14(20)13-15-17(11-7-3-1-4-8-11)18(16-13)12-9-5-2-6-10-12;/h1-10H,(H,15,16)(H,19,20);1H. The summed E-state index contributed by atoms with van der Waals surface area (Å²) in [4.78, 5) is 11.1. The van der Waals surface area contributed by atoms with Crippen LogP contribution in [-0.4, -0.2) is 16.9 Å². The van der Waals surface area contributed by atoms with Crippen LogP contribution in [0.25, 0.3) is 0 Å². The second-order valence-electron chi connectivity index (χ2n) is 4.14. The molecule has 0 unspecified atom stereocenters. The van der Waals surface area contributed by atoms with Crippen LogP contribution < -0.4 is 15.7 Å². The molecule has 21 heavy (non-hydrogen) atoms. The summed E-state index contributed by atoms with van der Waals surface area (Å²) in [6, 6.07) is 18.7. The Bertz CT molecular complexity index is 649. The molecule has 108 valence electrons. The highest BCUT2D eigenvalue weighted by Gasteiger charge is 2.28. The van der Waals surface area contributed by atoms with Gasteiger partial charge in [-0.2, -0.15) is 10.2 Å². The average Bonchev–Trinajstić information content (AvgIpc) is 2.94. The molecule has 0 radical (unpaired) electrons. The van der Waals surface area contributed by atoms with Gasteiger partial charge in [0.1, 0.15) is 0 Å². The van der Waals surface area contributed by atoms with Crippen molar-refractivity contribution >= 4 is 35.6 Å². The van der Waals surface area contributed by atoms with E-state index in [1.165, 1.54) is 5.12 Å². The molecule has 0 fully saturated rings. The maximum Gasteiger partial charge on any atom is 0.375 e. The highest BCUT2D eigenvalue weighted by Crippen LogP contribution is 2.23. The van der Waals surface area contributed by atoms with Crippen LogP contribution in [-0.2, 0) is 4.79 Å². The lowest BCUT2D eigenvalue weighted by Gasteiger charge is -2.27. The minimum absolute atomic E-state index is 0. The number of amidine groups is 1. The van der Waals surface area contributed by atoms with Crippen LogP contribution >= 0.6 is 12.4 Å². The van der Waals surface area contributed by atoms with Crippen molar-refractivity contribution in [2.75, 3.05) is 10.2 Å². The number of carboxylic acids is 1. The molecule has 1 heterocycles. The van der Waals surface area contributed by atoms with Crippen LogP contribution in [0.1, 0.15) is 0 Å². The van der Waals surface area contributed by atoms with E-state index in [0.29, 0.717) is 0 Å². The van der Waals surface area contributed by atoms with Gasteiger partial charge in [0.25, 0.3) is 5.84 Å². The lowest BCUT2D eigenvalue weighted by Crippen LogP contribution is -2.45. The molecule has 0 atom stereocenters. The predicted octanol–water partition coefficient (Wildman–Crippen LogP) is 2.25. The number of aliphatic carboxylic acids is 1. The van der Waals surface area contributed by atoms with Crippen molar-refractivity contribution in [2.24, 2.45) is 5.10 Å². The fourth-order valence-corrected chi connectivity index (χ4v) is 1.88. The van der Waals surface area contributed by atoms with E-state index in [-0.39, 0.29) is 18.2 Å². The third kappa shape index (κ3) is 2.90. The molecule has 2 aromatic rings. The molecule has 2 N–H and O–H groups in total. The van der Waals surface area contributed by atoms with Crippen molar-refractivity contribution in [1.29, 1.82) is 0 Å². The Balaban J connectivity index is 0.00000161. The quantitative estimate of drug-likeness (QED) is 0.910. The van der Waals surface area contributed by atoms with Gasteiger partial charge in [0.05, 0.1) is 11.4 Å². The lowest BCUT2D eigenvalue weighted by molar-refractivity contribution is -0.129. The van der Waals surface area contributed by atoms with Gasteiger partial charge in [-0.15, -0.1) is 17.5 Å². The number of carboxylic acid groups (broad SMARTS) is 1. The van der Waals surface area contributed by atoms with Gasteiger partial charge >= 0.3 is 5.97 Å². The van der Waals surface area contributed by atoms with Gasteiger partial charge in [-0.05, 0) is 24.3 Å². The van der Waals surface area contributed by atoms with Crippen molar-refractivity contribution in [3.05, 3.63) is 60.7 Å². The first-order valence-electron chi connectivity index (χ1n) is 6.04. The topological polar surface area (TPSA) is 68.2 Å². The van der Waals surface area contributed by atoms with E-state index in [1.807, 2.05) is 60.7 Å². The summed E-state index contributed by atoms with van der Waals surface area (Å²) in [6.07, 6.45) is 0. The fraction of sp³-hybridized carbons (Fsp3) is 0. The minimum atomic E-state index is -1.11. The molecule has 0 saturated carbocycles. The second-order valence-corrected chi connectivity index (χ2v) is 4.14. The summed E-state index contributed by atoms with van der Waals surface area (Å²) in [5.41, 5.74) is 4.32. The molecule has 0 aromatic heterocycles. The smallest absolute Gasteiger partial charge is 0.375 e. The number of carbonyl (C=O) groups is 1. The number of hydrazine groups is 2. The molecule has 0 spiro atoms. The highest BCUT2D eigenvalue weighted by molar-refractivity contribution is 6.35. The molecule has 1 aliphatic heterocycles. The molecule has 0 aliphatic carbocycles. The summed E-state index contributed by atoms with van der Waals surface area (Å²) in [6.45, 7) is 0. The van der Waals surface area contributed by atoms with E-state index in [1.54, 1.807) is 5.12 Å². The van der Waals surface area contributed by atoms with Gasteiger partial charge in [0, 0.05) is 0 Å². The Morgan fingerprint density at radius 2 is 1.48 bits per heavy atom. The molecule has 0 saturated heterocycles. The average molecular weight is 305 g/mol. The molecule has 7 heteroatoms. The first kappa shape index (κ1) is 14.7. The number of nitrogens with one attached hydrogen (secondary N) is 1. The van der Waals surface area contributed by atoms with Gasteiger partial charge in [0.2, 0.25) is 0 Å². The Morgan fingerprint density at radius 1 is 0.952 bits per heavy atom. The van der Waals surface area contributed by atoms with Crippen molar-refractivity contribution in [3.8, 4) is 0 Å². The van der Waals surface area contributed by atoms with Crippen molar-refractivity contribution in [2.45, 2.75) is 0 Å². The number of hydrogen-bond donors (Lipinski definition) is 2. The van der Waals surface area contributed by atoms with E-state index in [4.69, 9.17) is 5.11 Å². The summed E-state index contributed by atoms with van der Waals surface area (Å²) in [5, 5.41) is 16.3. The Kier molecular flexibility index (Phi) is 4.30. The van der Waals surface area contributed by atoms with E-state index in [9.17, 15) is 4.79 Å². The van der Waals surface area contributed by atoms with Gasteiger partial charge in [-0.3, -0.25) is 5.43 Å². The van der Waals surface area contributed by atoms with E-state index in [0.717, 1.165) is 11.4 Å². The zero-order chi connectivity index (χ0) is 13.9. The van der Waals surface area contributed by atoms with Crippen LogP contribution in [0.4, 0.5) is 11.4 Å². The monoisotopic (exact) mass is 304 g/mol. The summed E-state index contributed by atoms with van der Waals surface area (Å²) in [7, 11) is 0. The summed E-state index contributed by atoms with van der Waals surface area (Å²) in [5.74, 6) is -1.23. The fourth-order valence-electron chi connectivity index (χ4n) is 1.88. The van der Waals surface area contributed by atoms with Gasteiger partial charge in [-0.1, -0.05) is 36.4 Å². The van der Waals surface area contributed by atoms with Crippen molar-refractivity contribution < 1.29 is 9.90 Å². The molecule has 0 bridgehead atoms. The Hall–Kier alpha value is -2.73.